The molecule has 1 aliphatic heterocycles. The predicted molar refractivity (Wildman–Crippen MR) is 97.9 cm³/mol. The lowest BCUT2D eigenvalue weighted by Crippen LogP contribution is -2.39. The number of amides is 2. The third kappa shape index (κ3) is 4.28. The maximum Gasteiger partial charge on any atom is 0.272 e. The lowest BCUT2D eigenvalue weighted by atomic mass is 9.93. The minimum Gasteiger partial charge on any atom is -0.351 e. The van der Waals surface area contributed by atoms with Gasteiger partial charge >= 0.3 is 0 Å². The number of hydrogen-bond donors (Lipinski definition) is 2. The normalized spacial score (nSPS) is 15.3. The largest absolute Gasteiger partial charge is 0.351 e. The van der Waals surface area contributed by atoms with Crippen LogP contribution in [0.1, 0.15) is 51.9 Å². The van der Waals surface area contributed by atoms with Crippen LogP contribution < -0.4 is 5.32 Å². The van der Waals surface area contributed by atoms with E-state index in [1.165, 1.54) is 11.3 Å². The summed E-state index contributed by atoms with van der Waals surface area (Å²) in [7, 11) is 0. The van der Waals surface area contributed by atoms with Crippen LogP contribution in [0.5, 0.6) is 0 Å². The van der Waals surface area contributed by atoms with Gasteiger partial charge in [-0.05, 0) is 43.0 Å². The Labute approximate surface area is 151 Å². The van der Waals surface area contributed by atoms with Crippen molar-refractivity contribution in [2.45, 2.75) is 32.6 Å². The van der Waals surface area contributed by atoms with E-state index in [4.69, 9.17) is 0 Å². The first kappa shape index (κ1) is 17.7. The Morgan fingerprint density at radius 1 is 1.40 bits per heavy atom. The molecule has 2 aromatic heterocycles. The van der Waals surface area contributed by atoms with E-state index in [0.29, 0.717) is 18.2 Å². The number of thiophene rings is 1. The standard InChI is InChI=1S/C18H24N4O2S/c1-2-14-12-20-21-16(14)18(24)22-9-6-13(7-10-22)5-8-19-17(23)15-4-3-11-25-15/h3-4,11-13H,2,5-10H2,1H3,(H,19,23)(H,20,21). The fourth-order valence-corrected chi connectivity index (χ4v) is 3.87. The van der Waals surface area contributed by atoms with Crippen LogP contribution in [0.3, 0.4) is 0 Å². The van der Waals surface area contributed by atoms with Crippen LogP contribution >= 0.6 is 11.3 Å². The number of aryl methyl sites for hydroxylation is 1. The summed E-state index contributed by atoms with van der Waals surface area (Å²) >= 11 is 1.46. The van der Waals surface area contributed by atoms with E-state index in [9.17, 15) is 9.59 Å². The number of hydrogen-bond acceptors (Lipinski definition) is 4. The summed E-state index contributed by atoms with van der Waals surface area (Å²) in [4.78, 5) is 27.2. The zero-order chi connectivity index (χ0) is 17.6. The smallest absolute Gasteiger partial charge is 0.272 e. The van der Waals surface area contributed by atoms with Gasteiger partial charge in [-0.1, -0.05) is 13.0 Å². The second-order valence-electron chi connectivity index (χ2n) is 6.38. The summed E-state index contributed by atoms with van der Waals surface area (Å²) < 4.78 is 0. The van der Waals surface area contributed by atoms with E-state index in [-0.39, 0.29) is 11.8 Å². The highest BCUT2D eigenvalue weighted by Crippen LogP contribution is 2.22. The first-order valence-corrected chi connectivity index (χ1v) is 9.70. The highest BCUT2D eigenvalue weighted by atomic mass is 32.1. The second-order valence-corrected chi connectivity index (χ2v) is 7.33. The molecule has 3 heterocycles. The topological polar surface area (TPSA) is 78.1 Å². The highest BCUT2D eigenvalue weighted by molar-refractivity contribution is 7.12. The molecule has 1 aliphatic rings. The summed E-state index contributed by atoms with van der Waals surface area (Å²) in [5.74, 6) is 0.618. The molecule has 3 rings (SSSR count). The quantitative estimate of drug-likeness (QED) is 0.831. The molecule has 2 aromatic rings. The van der Waals surface area contributed by atoms with Gasteiger partial charge in [-0.15, -0.1) is 11.3 Å². The van der Waals surface area contributed by atoms with Gasteiger partial charge < -0.3 is 10.2 Å². The molecule has 1 saturated heterocycles. The molecule has 0 aromatic carbocycles. The molecule has 0 atom stereocenters. The molecule has 1 fully saturated rings. The van der Waals surface area contributed by atoms with E-state index in [0.717, 1.165) is 49.2 Å². The van der Waals surface area contributed by atoms with Gasteiger partial charge in [0.15, 0.2) is 0 Å². The Hall–Kier alpha value is -2.15. The molecule has 2 amide bonds. The Morgan fingerprint density at radius 2 is 2.20 bits per heavy atom. The first-order valence-electron chi connectivity index (χ1n) is 8.82. The number of aromatic amines is 1. The number of rotatable bonds is 6. The van der Waals surface area contributed by atoms with Crippen molar-refractivity contribution in [1.82, 2.24) is 20.4 Å². The molecular weight excluding hydrogens is 336 g/mol. The van der Waals surface area contributed by atoms with Gasteiger partial charge in [0.05, 0.1) is 11.1 Å². The van der Waals surface area contributed by atoms with Crippen LogP contribution in [0.25, 0.3) is 0 Å². The highest BCUT2D eigenvalue weighted by Gasteiger charge is 2.25. The van der Waals surface area contributed by atoms with Crippen molar-refractivity contribution in [2.24, 2.45) is 5.92 Å². The van der Waals surface area contributed by atoms with Crippen molar-refractivity contribution in [2.75, 3.05) is 19.6 Å². The van der Waals surface area contributed by atoms with Gasteiger partial charge in [-0.2, -0.15) is 5.10 Å². The molecule has 25 heavy (non-hydrogen) atoms. The minimum absolute atomic E-state index is 0.00829. The average Bonchev–Trinajstić information content (AvgIpc) is 3.33. The number of H-pyrrole nitrogens is 1. The van der Waals surface area contributed by atoms with Gasteiger partial charge in [0.1, 0.15) is 5.69 Å². The fraction of sp³-hybridized carbons (Fsp3) is 0.500. The monoisotopic (exact) mass is 360 g/mol. The van der Waals surface area contributed by atoms with Gasteiger partial charge in [0, 0.05) is 25.2 Å². The van der Waals surface area contributed by atoms with Crippen LogP contribution in [0.4, 0.5) is 0 Å². The second kappa shape index (κ2) is 8.29. The summed E-state index contributed by atoms with van der Waals surface area (Å²) in [6.07, 6.45) is 5.46. The van der Waals surface area contributed by atoms with Crippen molar-refractivity contribution < 1.29 is 9.59 Å². The predicted octanol–water partition coefficient (Wildman–Crippen LogP) is 2.71. The number of likely N-dealkylation sites (tertiary alicyclic amines) is 1. The van der Waals surface area contributed by atoms with Crippen molar-refractivity contribution >= 4 is 23.2 Å². The van der Waals surface area contributed by atoms with E-state index >= 15 is 0 Å². The number of nitrogens with zero attached hydrogens (tertiary/aromatic N) is 2. The maximum absolute atomic E-state index is 12.6. The van der Waals surface area contributed by atoms with Crippen molar-refractivity contribution in [3.8, 4) is 0 Å². The van der Waals surface area contributed by atoms with Gasteiger partial charge in [0.25, 0.3) is 11.8 Å². The molecular formula is C18H24N4O2S. The zero-order valence-electron chi connectivity index (χ0n) is 14.5. The van der Waals surface area contributed by atoms with E-state index in [1.54, 1.807) is 6.20 Å². The lowest BCUT2D eigenvalue weighted by Gasteiger charge is -2.32. The van der Waals surface area contributed by atoms with Crippen LogP contribution in [0.2, 0.25) is 0 Å². The maximum atomic E-state index is 12.6. The number of piperidine rings is 1. The molecule has 0 aliphatic carbocycles. The third-order valence-electron chi connectivity index (χ3n) is 4.80. The summed E-state index contributed by atoms with van der Waals surface area (Å²) in [6.45, 7) is 4.25. The van der Waals surface area contributed by atoms with E-state index in [2.05, 4.69) is 15.5 Å². The zero-order valence-corrected chi connectivity index (χ0v) is 15.3. The summed E-state index contributed by atoms with van der Waals surface area (Å²) in [6, 6.07) is 3.72. The molecule has 0 spiro atoms. The van der Waals surface area contributed by atoms with E-state index < -0.39 is 0 Å². The molecule has 0 unspecified atom stereocenters. The molecule has 134 valence electrons. The Morgan fingerprint density at radius 3 is 2.88 bits per heavy atom. The van der Waals surface area contributed by atoms with Crippen molar-refractivity contribution in [3.63, 3.8) is 0 Å². The fourth-order valence-electron chi connectivity index (χ4n) is 3.23. The molecule has 6 nitrogen and oxygen atoms in total. The Balaban J connectivity index is 1.41. The van der Waals surface area contributed by atoms with Crippen LogP contribution in [-0.4, -0.2) is 46.5 Å². The third-order valence-corrected chi connectivity index (χ3v) is 5.67. The van der Waals surface area contributed by atoms with Crippen LogP contribution in [0.15, 0.2) is 23.7 Å². The SMILES string of the molecule is CCc1cn[nH]c1C(=O)N1CCC(CCNC(=O)c2cccs2)CC1. The number of aromatic nitrogens is 2. The molecule has 7 heteroatoms. The van der Waals surface area contributed by atoms with Gasteiger partial charge in [-0.25, -0.2) is 0 Å². The van der Waals surface area contributed by atoms with Crippen molar-refractivity contribution in [3.05, 3.63) is 39.8 Å². The Kier molecular flexibility index (Phi) is 5.86. The number of nitrogens with one attached hydrogen (secondary N) is 2. The molecule has 0 saturated carbocycles. The summed E-state index contributed by atoms with van der Waals surface area (Å²) in [5, 5.41) is 11.7. The van der Waals surface area contributed by atoms with Gasteiger partial charge in [-0.3, -0.25) is 14.7 Å². The van der Waals surface area contributed by atoms with Crippen LogP contribution in [-0.2, 0) is 6.42 Å². The molecule has 2 N–H and O–H groups in total. The molecule has 0 bridgehead atoms. The first-order chi connectivity index (χ1) is 12.2. The molecule has 0 radical (unpaired) electrons. The van der Waals surface area contributed by atoms with Crippen LogP contribution in [0, 0.1) is 5.92 Å². The average molecular weight is 360 g/mol. The van der Waals surface area contributed by atoms with E-state index in [1.807, 2.05) is 29.3 Å². The van der Waals surface area contributed by atoms with Crippen molar-refractivity contribution in [1.29, 1.82) is 0 Å². The number of carbonyl (C=O) groups excluding carboxylic acids is 2. The Bertz CT molecular complexity index is 702. The lowest BCUT2D eigenvalue weighted by molar-refractivity contribution is 0.0680. The van der Waals surface area contributed by atoms with Gasteiger partial charge in [0.2, 0.25) is 0 Å². The minimum atomic E-state index is 0.00829. The summed E-state index contributed by atoms with van der Waals surface area (Å²) in [5.41, 5.74) is 1.60. The number of carbonyl (C=O) groups is 2.